The Morgan fingerprint density at radius 1 is 1.33 bits per heavy atom. The van der Waals surface area contributed by atoms with E-state index in [1.807, 2.05) is 42.1 Å². The quantitative estimate of drug-likeness (QED) is 0.764. The normalized spacial score (nSPS) is 15.5. The lowest BCUT2D eigenvalue weighted by Crippen LogP contribution is -2.09. The highest BCUT2D eigenvalue weighted by Gasteiger charge is 2.19. The van der Waals surface area contributed by atoms with Gasteiger partial charge in [0.25, 0.3) is 0 Å². The van der Waals surface area contributed by atoms with E-state index in [9.17, 15) is 4.79 Å². The molecule has 1 aromatic carbocycles. The Balaban J connectivity index is 1.74. The SMILES string of the molecule is Cc1cccc(C(=O)Cc2ccn(C3CCCC3)n2)c1Br. The molecule has 1 aromatic heterocycles. The van der Waals surface area contributed by atoms with Gasteiger partial charge in [-0.05, 0) is 47.3 Å². The Bertz CT molecular complexity index is 657. The number of Topliss-reactive ketones (excluding diaryl/α,β-unsaturated/α-hetero) is 1. The van der Waals surface area contributed by atoms with Crippen molar-refractivity contribution in [3.63, 3.8) is 0 Å². The third-order valence-corrected chi connectivity index (χ3v) is 5.25. The molecule has 0 unspecified atom stereocenters. The van der Waals surface area contributed by atoms with E-state index in [1.54, 1.807) is 0 Å². The summed E-state index contributed by atoms with van der Waals surface area (Å²) in [7, 11) is 0. The summed E-state index contributed by atoms with van der Waals surface area (Å²) in [5.74, 6) is 0.113. The summed E-state index contributed by atoms with van der Waals surface area (Å²) in [4.78, 5) is 12.4. The molecule has 3 rings (SSSR count). The van der Waals surface area contributed by atoms with Crippen LogP contribution in [0.4, 0.5) is 0 Å². The van der Waals surface area contributed by atoms with Crippen LogP contribution < -0.4 is 0 Å². The van der Waals surface area contributed by atoms with Gasteiger partial charge in [-0.15, -0.1) is 0 Å². The minimum absolute atomic E-state index is 0.113. The van der Waals surface area contributed by atoms with E-state index in [0.29, 0.717) is 12.5 Å². The smallest absolute Gasteiger partial charge is 0.170 e. The molecule has 21 heavy (non-hydrogen) atoms. The molecule has 0 saturated heterocycles. The lowest BCUT2D eigenvalue weighted by Gasteiger charge is -2.09. The molecule has 2 aromatic rings. The van der Waals surface area contributed by atoms with Gasteiger partial charge >= 0.3 is 0 Å². The molecule has 0 aliphatic heterocycles. The number of aryl methyl sites for hydroxylation is 1. The van der Waals surface area contributed by atoms with Gasteiger partial charge in [0.15, 0.2) is 5.78 Å². The average molecular weight is 347 g/mol. The summed E-state index contributed by atoms with van der Waals surface area (Å²) >= 11 is 3.51. The summed E-state index contributed by atoms with van der Waals surface area (Å²) in [5, 5.41) is 4.59. The third-order valence-electron chi connectivity index (χ3n) is 4.20. The van der Waals surface area contributed by atoms with Crippen molar-refractivity contribution in [3.05, 3.63) is 51.8 Å². The molecule has 110 valence electrons. The fourth-order valence-corrected chi connectivity index (χ4v) is 3.45. The highest BCUT2D eigenvalue weighted by molar-refractivity contribution is 9.10. The molecule has 1 saturated carbocycles. The molecule has 0 amide bonds. The number of ketones is 1. The van der Waals surface area contributed by atoms with Crippen LogP contribution in [-0.4, -0.2) is 15.6 Å². The van der Waals surface area contributed by atoms with Gasteiger partial charge in [0.1, 0.15) is 0 Å². The molecular formula is C17H19BrN2O. The van der Waals surface area contributed by atoms with Crippen LogP contribution in [-0.2, 0) is 6.42 Å². The number of benzene rings is 1. The van der Waals surface area contributed by atoms with Gasteiger partial charge in [-0.3, -0.25) is 9.48 Å². The molecule has 1 aliphatic rings. The molecule has 1 aliphatic carbocycles. The van der Waals surface area contributed by atoms with Gasteiger partial charge in [-0.25, -0.2) is 0 Å². The molecule has 0 N–H and O–H groups in total. The highest BCUT2D eigenvalue weighted by atomic mass is 79.9. The van der Waals surface area contributed by atoms with Gasteiger partial charge in [0.2, 0.25) is 0 Å². The fraction of sp³-hybridized carbons (Fsp3) is 0.412. The van der Waals surface area contributed by atoms with Gasteiger partial charge in [0.05, 0.1) is 18.2 Å². The van der Waals surface area contributed by atoms with Crippen LogP contribution in [0.5, 0.6) is 0 Å². The molecule has 0 bridgehead atoms. The van der Waals surface area contributed by atoms with Crippen LogP contribution in [0, 0.1) is 6.92 Å². The topological polar surface area (TPSA) is 34.9 Å². The Kier molecular flexibility index (Phi) is 4.24. The van der Waals surface area contributed by atoms with Gasteiger partial charge in [-0.1, -0.05) is 31.0 Å². The van der Waals surface area contributed by atoms with Gasteiger partial charge in [-0.2, -0.15) is 5.10 Å². The first-order valence-electron chi connectivity index (χ1n) is 7.47. The van der Waals surface area contributed by atoms with E-state index in [4.69, 9.17) is 0 Å². The fourth-order valence-electron chi connectivity index (χ4n) is 2.97. The van der Waals surface area contributed by atoms with Gasteiger partial charge in [0, 0.05) is 16.2 Å². The van der Waals surface area contributed by atoms with Crippen LogP contribution in [0.3, 0.4) is 0 Å². The van der Waals surface area contributed by atoms with E-state index in [1.165, 1.54) is 25.7 Å². The molecule has 3 nitrogen and oxygen atoms in total. The molecule has 0 spiro atoms. The minimum atomic E-state index is 0.113. The second-order valence-corrected chi connectivity index (χ2v) is 6.55. The maximum atomic E-state index is 12.4. The first-order chi connectivity index (χ1) is 10.1. The lowest BCUT2D eigenvalue weighted by molar-refractivity contribution is 0.0991. The number of carbonyl (C=O) groups excluding carboxylic acids is 1. The molecule has 0 atom stereocenters. The summed E-state index contributed by atoms with van der Waals surface area (Å²) < 4.78 is 2.94. The zero-order valence-corrected chi connectivity index (χ0v) is 13.8. The summed E-state index contributed by atoms with van der Waals surface area (Å²) in [6.45, 7) is 2.00. The van der Waals surface area contributed by atoms with E-state index in [-0.39, 0.29) is 5.78 Å². The van der Waals surface area contributed by atoms with Crippen molar-refractivity contribution in [2.24, 2.45) is 0 Å². The van der Waals surface area contributed by atoms with Crippen molar-refractivity contribution in [1.29, 1.82) is 0 Å². The van der Waals surface area contributed by atoms with Crippen LogP contribution >= 0.6 is 15.9 Å². The third kappa shape index (κ3) is 3.10. The first kappa shape index (κ1) is 14.5. The van der Waals surface area contributed by atoms with E-state index < -0.39 is 0 Å². The van der Waals surface area contributed by atoms with Crippen LogP contribution in [0.2, 0.25) is 0 Å². The van der Waals surface area contributed by atoms with Crippen LogP contribution in [0.15, 0.2) is 34.9 Å². The zero-order valence-electron chi connectivity index (χ0n) is 12.2. The standard InChI is InChI=1S/C17H19BrN2O/c1-12-5-4-8-15(17(12)18)16(21)11-13-9-10-20(19-13)14-6-2-3-7-14/h4-5,8-10,14H,2-3,6-7,11H2,1H3. The first-order valence-corrected chi connectivity index (χ1v) is 8.27. The monoisotopic (exact) mass is 346 g/mol. The maximum Gasteiger partial charge on any atom is 0.170 e. The second kappa shape index (κ2) is 6.14. The molecule has 0 radical (unpaired) electrons. The predicted octanol–water partition coefficient (Wildman–Crippen LogP) is 4.49. The number of hydrogen-bond donors (Lipinski definition) is 0. The minimum Gasteiger partial charge on any atom is -0.294 e. The van der Waals surface area contributed by atoms with Crippen LogP contribution in [0.25, 0.3) is 0 Å². The molecule has 4 heteroatoms. The van der Waals surface area contributed by atoms with E-state index in [2.05, 4.69) is 21.0 Å². The maximum absolute atomic E-state index is 12.4. The largest absolute Gasteiger partial charge is 0.294 e. The van der Waals surface area contributed by atoms with Crippen LogP contribution in [0.1, 0.15) is 53.3 Å². The summed E-state index contributed by atoms with van der Waals surface area (Å²) in [5.41, 5.74) is 2.68. The lowest BCUT2D eigenvalue weighted by atomic mass is 10.0. The van der Waals surface area contributed by atoms with Gasteiger partial charge < -0.3 is 0 Å². The number of carbonyl (C=O) groups is 1. The van der Waals surface area contributed by atoms with Crippen molar-refractivity contribution in [2.45, 2.75) is 45.1 Å². The zero-order chi connectivity index (χ0) is 14.8. The van der Waals surface area contributed by atoms with Crippen molar-refractivity contribution >= 4 is 21.7 Å². The number of halogens is 1. The predicted molar refractivity (Wildman–Crippen MR) is 86.6 cm³/mol. The van der Waals surface area contributed by atoms with E-state index >= 15 is 0 Å². The molecule has 1 heterocycles. The van der Waals surface area contributed by atoms with Crippen molar-refractivity contribution < 1.29 is 4.79 Å². The molecule has 1 fully saturated rings. The van der Waals surface area contributed by atoms with E-state index in [0.717, 1.165) is 21.3 Å². The van der Waals surface area contributed by atoms with Crippen molar-refractivity contribution in [3.8, 4) is 0 Å². The Labute approximate surface area is 133 Å². The summed E-state index contributed by atoms with van der Waals surface area (Å²) in [6, 6.07) is 8.28. The number of hydrogen-bond acceptors (Lipinski definition) is 2. The number of rotatable bonds is 4. The Morgan fingerprint density at radius 3 is 2.86 bits per heavy atom. The van der Waals surface area contributed by atoms with Crippen molar-refractivity contribution in [1.82, 2.24) is 9.78 Å². The number of aromatic nitrogens is 2. The number of nitrogens with zero attached hydrogens (tertiary/aromatic N) is 2. The Hall–Kier alpha value is -1.42. The van der Waals surface area contributed by atoms with Crippen molar-refractivity contribution in [2.75, 3.05) is 0 Å². The highest BCUT2D eigenvalue weighted by Crippen LogP contribution is 2.29. The average Bonchev–Trinajstić information content (AvgIpc) is 3.12. The second-order valence-electron chi connectivity index (χ2n) is 5.76. The Morgan fingerprint density at radius 2 is 2.10 bits per heavy atom. The summed E-state index contributed by atoms with van der Waals surface area (Å²) in [6.07, 6.45) is 7.37. The molecular weight excluding hydrogens is 328 g/mol.